The minimum atomic E-state index is -3.44. The molecule has 1 rings (SSSR count). The van der Waals surface area contributed by atoms with Crippen molar-refractivity contribution in [2.45, 2.75) is 24.3 Å². The first-order valence-electron chi connectivity index (χ1n) is 6.60. The van der Waals surface area contributed by atoms with Crippen molar-refractivity contribution in [2.24, 2.45) is 0 Å². The summed E-state index contributed by atoms with van der Waals surface area (Å²) in [5, 5.41) is 11.2. The van der Waals surface area contributed by atoms with E-state index in [1.807, 2.05) is 0 Å². The minimum absolute atomic E-state index is 0.0945. The number of hydrogen-bond donors (Lipinski definition) is 2. The van der Waals surface area contributed by atoms with Crippen molar-refractivity contribution >= 4 is 21.7 Å². The lowest BCUT2D eigenvalue weighted by Gasteiger charge is -2.12. The molecular formula is C14H19NO6S. The molecule has 0 heterocycles. The summed E-state index contributed by atoms with van der Waals surface area (Å²) in [4.78, 5) is 22.5. The van der Waals surface area contributed by atoms with Gasteiger partial charge in [0.2, 0.25) is 0 Å². The second kappa shape index (κ2) is 7.90. The molecule has 1 unspecified atom stereocenters. The first-order valence-corrected chi connectivity index (χ1v) is 8.26. The molecule has 0 saturated heterocycles. The monoisotopic (exact) mass is 329 g/mol. The van der Waals surface area contributed by atoms with E-state index in [9.17, 15) is 18.0 Å². The van der Waals surface area contributed by atoms with Crippen LogP contribution in [0.5, 0.6) is 0 Å². The van der Waals surface area contributed by atoms with Gasteiger partial charge in [0, 0.05) is 18.7 Å². The van der Waals surface area contributed by atoms with E-state index in [1.54, 1.807) is 6.92 Å². The molecule has 1 amide bonds. The molecule has 0 bridgehead atoms. The maximum atomic E-state index is 11.9. The number of methoxy groups -OCH3 is 1. The van der Waals surface area contributed by atoms with Gasteiger partial charge < -0.3 is 15.2 Å². The summed E-state index contributed by atoms with van der Waals surface area (Å²) in [5.74, 6) is -1.59. The van der Waals surface area contributed by atoms with E-state index in [0.29, 0.717) is 0 Å². The molecule has 22 heavy (non-hydrogen) atoms. The van der Waals surface area contributed by atoms with Crippen LogP contribution < -0.4 is 5.32 Å². The summed E-state index contributed by atoms with van der Waals surface area (Å²) < 4.78 is 28.6. The first kappa shape index (κ1) is 18.1. The molecular weight excluding hydrogens is 310 g/mol. The van der Waals surface area contributed by atoms with Crippen molar-refractivity contribution in [1.82, 2.24) is 5.32 Å². The summed E-state index contributed by atoms with van der Waals surface area (Å²) in [5.41, 5.74) is 0.267. The molecule has 0 saturated carbocycles. The van der Waals surface area contributed by atoms with Gasteiger partial charge in [-0.05, 0) is 31.2 Å². The first-order chi connectivity index (χ1) is 10.3. The second-order valence-corrected chi connectivity index (χ2v) is 6.92. The van der Waals surface area contributed by atoms with E-state index in [1.165, 1.54) is 31.4 Å². The third-order valence-electron chi connectivity index (χ3n) is 2.89. The number of carboxylic acids is 1. The van der Waals surface area contributed by atoms with Gasteiger partial charge in [-0.25, -0.2) is 8.42 Å². The van der Waals surface area contributed by atoms with Crippen molar-refractivity contribution in [3.8, 4) is 0 Å². The van der Waals surface area contributed by atoms with Crippen LogP contribution in [0.1, 0.15) is 23.7 Å². The number of sulfone groups is 1. The Labute approximate surface area is 129 Å². The Bertz CT molecular complexity index is 623. The van der Waals surface area contributed by atoms with E-state index in [0.717, 1.165) is 0 Å². The number of carbonyl (C=O) groups excluding carboxylic acids is 1. The summed E-state index contributed by atoms with van der Waals surface area (Å²) in [6.07, 6.45) is -0.185. The normalized spacial score (nSPS) is 12.6. The number of hydrogen-bond acceptors (Lipinski definition) is 5. The van der Waals surface area contributed by atoms with E-state index in [4.69, 9.17) is 9.84 Å². The average Bonchev–Trinajstić information content (AvgIpc) is 2.44. The predicted molar refractivity (Wildman–Crippen MR) is 79.6 cm³/mol. The molecule has 122 valence electrons. The van der Waals surface area contributed by atoms with Crippen molar-refractivity contribution in [1.29, 1.82) is 0 Å². The summed E-state index contributed by atoms with van der Waals surface area (Å²) >= 11 is 0. The number of amides is 1. The lowest BCUT2D eigenvalue weighted by Crippen LogP contribution is -2.34. The SMILES string of the molecule is COCCS(=O)(=O)c1ccc(C(=O)NC(C)CC(=O)O)cc1. The van der Waals surface area contributed by atoms with Crippen molar-refractivity contribution in [3.63, 3.8) is 0 Å². The highest BCUT2D eigenvalue weighted by Gasteiger charge is 2.16. The fourth-order valence-corrected chi connectivity index (χ4v) is 2.92. The highest BCUT2D eigenvalue weighted by Crippen LogP contribution is 2.13. The van der Waals surface area contributed by atoms with Gasteiger partial charge in [-0.2, -0.15) is 0 Å². The zero-order chi connectivity index (χ0) is 16.8. The number of carboxylic acid groups (broad SMARTS) is 1. The van der Waals surface area contributed by atoms with Gasteiger partial charge in [0.25, 0.3) is 5.91 Å². The van der Waals surface area contributed by atoms with Crippen molar-refractivity contribution in [2.75, 3.05) is 19.5 Å². The van der Waals surface area contributed by atoms with E-state index < -0.39 is 27.8 Å². The Kier molecular flexibility index (Phi) is 6.51. The van der Waals surface area contributed by atoms with Gasteiger partial charge in [-0.15, -0.1) is 0 Å². The Morgan fingerprint density at radius 3 is 2.36 bits per heavy atom. The molecule has 0 aliphatic carbocycles. The number of ether oxygens (including phenoxy) is 1. The molecule has 0 aromatic heterocycles. The highest BCUT2D eigenvalue weighted by molar-refractivity contribution is 7.91. The van der Waals surface area contributed by atoms with Crippen LogP contribution in [0.25, 0.3) is 0 Å². The fourth-order valence-electron chi connectivity index (χ4n) is 1.74. The van der Waals surface area contributed by atoms with Crippen LogP contribution in [0, 0.1) is 0 Å². The van der Waals surface area contributed by atoms with Crippen LogP contribution >= 0.6 is 0 Å². The van der Waals surface area contributed by atoms with E-state index in [-0.39, 0.29) is 29.2 Å². The van der Waals surface area contributed by atoms with Crippen LogP contribution in [0.3, 0.4) is 0 Å². The Morgan fingerprint density at radius 1 is 1.27 bits per heavy atom. The van der Waals surface area contributed by atoms with Gasteiger partial charge in [-0.1, -0.05) is 0 Å². The third kappa shape index (κ3) is 5.45. The maximum absolute atomic E-state index is 11.9. The number of rotatable bonds is 8. The van der Waals surface area contributed by atoms with Crippen LogP contribution in [0.2, 0.25) is 0 Å². The summed E-state index contributed by atoms with van der Waals surface area (Å²) in [6.45, 7) is 1.67. The number of aliphatic carboxylic acids is 1. The van der Waals surface area contributed by atoms with Crippen LogP contribution in [0.4, 0.5) is 0 Å². The number of nitrogens with one attached hydrogen (secondary N) is 1. The lowest BCUT2D eigenvalue weighted by atomic mass is 10.2. The van der Waals surface area contributed by atoms with E-state index >= 15 is 0 Å². The Morgan fingerprint density at radius 2 is 1.86 bits per heavy atom. The Balaban J connectivity index is 2.76. The number of benzene rings is 1. The van der Waals surface area contributed by atoms with Gasteiger partial charge in [-0.3, -0.25) is 9.59 Å². The standard InChI is InChI=1S/C14H19NO6S/c1-10(9-13(16)17)15-14(18)11-3-5-12(6-4-11)22(19,20)8-7-21-2/h3-6,10H,7-9H2,1-2H3,(H,15,18)(H,16,17). The molecule has 1 aromatic carbocycles. The largest absolute Gasteiger partial charge is 0.481 e. The molecule has 8 heteroatoms. The van der Waals surface area contributed by atoms with Gasteiger partial charge in [0.1, 0.15) is 0 Å². The lowest BCUT2D eigenvalue weighted by molar-refractivity contribution is -0.137. The molecule has 0 radical (unpaired) electrons. The fraction of sp³-hybridized carbons (Fsp3) is 0.429. The van der Waals surface area contributed by atoms with Crippen molar-refractivity contribution in [3.05, 3.63) is 29.8 Å². The third-order valence-corrected chi connectivity index (χ3v) is 4.58. The molecule has 0 spiro atoms. The van der Waals surface area contributed by atoms with Crippen LogP contribution in [-0.4, -0.2) is 50.9 Å². The second-order valence-electron chi connectivity index (χ2n) is 4.81. The minimum Gasteiger partial charge on any atom is -0.481 e. The predicted octanol–water partition coefficient (Wildman–Crippen LogP) is 0.700. The summed E-state index contributed by atoms with van der Waals surface area (Å²) in [6, 6.07) is 4.96. The van der Waals surface area contributed by atoms with E-state index in [2.05, 4.69) is 5.32 Å². The maximum Gasteiger partial charge on any atom is 0.305 e. The molecule has 0 aliphatic rings. The van der Waals surface area contributed by atoms with Gasteiger partial charge >= 0.3 is 5.97 Å². The smallest absolute Gasteiger partial charge is 0.305 e. The molecule has 7 nitrogen and oxygen atoms in total. The molecule has 1 aromatic rings. The average molecular weight is 329 g/mol. The Hall–Kier alpha value is -1.93. The number of carbonyl (C=O) groups is 2. The highest BCUT2D eigenvalue weighted by atomic mass is 32.2. The quantitative estimate of drug-likeness (QED) is 0.726. The van der Waals surface area contributed by atoms with Crippen LogP contribution in [-0.2, 0) is 19.4 Å². The topological polar surface area (TPSA) is 110 Å². The van der Waals surface area contributed by atoms with Crippen molar-refractivity contribution < 1.29 is 27.9 Å². The van der Waals surface area contributed by atoms with Crippen LogP contribution in [0.15, 0.2) is 29.2 Å². The van der Waals surface area contributed by atoms with Gasteiger partial charge in [0.05, 0.1) is 23.7 Å². The molecule has 0 aliphatic heterocycles. The zero-order valence-corrected chi connectivity index (χ0v) is 13.2. The summed E-state index contributed by atoms with van der Waals surface area (Å²) in [7, 11) is -2.02. The zero-order valence-electron chi connectivity index (χ0n) is 12.4. The molecule has 0 fully saturated rings. The molecule has 2 N–H and O–H groups in total. The molecule has 1 atom stereocenters. The van der Waals surface area contributed by atoms with Gasteiger partial charge in [0.15, 0.2) is 9.84 Å².